The molecular weight excluding hydrogens is 364 g/mol. The van der Waals surface area contributed by atoms with Gasteiger partial charge >= 0.3 is 0 Å². The van der Waals surface area contributed by atoms with Crippen LogP contribution < -0.4 is 15.8 Å². The van der Waals surface area contributed by atoms with Gasteiger partial charge in [0.05, 0.1) is 10.5 Å². The van der Waals surface area contributed by atoms with Gasteiger partial charge in [0.1, 0.15) is 18.0 Å². The number of nitrogens with two attached hydrogens (primary N) is 1. The summed E-state index contributed by atoms with van der Waals surface area (Å²) >= 11 is 0. The van der Waals surface area contributed by atoms with Crippen LogP contribution >= 0.6 is 0 Å². The van der Waals surface area contributed by atoms with Crippen LogP contribution in [-0.2, 0) is 10.0 Å². The van der Waals surface area contributed by atoms with E-state index in [-0.39, 0.29) is 10.7 Å². The molecule has 0 saturated heterocycles. The zero-order chi connectivity index (χ0) is 19.4. The van der Waals surface area contributed by atoms with E-state index < -0.39 is 10.0 Å². The van der Waals surface area contributed by atoms with Gasteiger partial charge in [-0.3, -0.25) is 4.72 Å². The normalized spacial score (nSPS) is 11.0. The second kappa shape index (κ2) is 7.42. The average Bonchev–Trinajstić information content (AvgIpc) is 2.64. The van der Waals surface area contributed by atoms with Crippen molar-refractivity contribution in [2.24, 2.45) is 0 Å². The fourth-order valence-electron chi connectivity index (χ4n) is 2.34. The van der Waals surface area contributed by atoms with Gasteiger partial charge in [0.2, 0.25) is 0 Å². The highest BCUT2D eigenvalue weighted by molar-refractivity contribution is 7.92. The first-order chi connectivity index (χ1) is 12.9. The maximum Gasteiger partial charge on any atom is 0.261 e. The van der Waals surface area contributed by atoms with Crippen molar-refractivity contribution in [3.05, 3.63) is 66.0 Å². The molecule has 3 aromatic rings. The minimum absolute atomic E-state index is 0.197. The van der Waals surface area contributed by atoms with Crippen molar-refractivity contribution in [1.29, 1.82) is 5.41 Å². The second-order valence-electron chi connectivity index (χ2n) is 5.79. The standard InChI is InChI=1S/C18H18N6O2S/c1-12-2-8-15(9-3-12)27(25,26)24-14-6-4-13(5-7-14)23-18-16(10-19)17(20)21-11-22-18/h2-11,19,24H,1H3,(H3,20,21,22,23). The number of hydrogen-bond donors (Lipinski definition) is 4. The SMILES string of the molecule is Cc1ccc(S(=O)(=O)Nc2ccc(Nc3ncnc(N)c3C=N)cc2)cc1. The Hall–Kier alpha value is -3.46. The molecule has 0 radical (unpaired) electrons. The van der Waals surface area contributed by atoms with Gasteiger partial charge in [-0.25, -0.2) is 18.4 Å². The Morgan fingerprint density at radius 2 is 1.63 bits per heavy atom. The Morgan fingerprint density at radius 3 is 2.26 bits per heavy atom. The highest BCUT2D eigenvalue weighted by Crippen LogP contribution is 2.23. The van der Waals surface area contributed by atoms with E-state index in [9.17, 15) is 8.42 Å². The van der Waals surface area contributed by atoms with Crippen LogP contribution in [-0.4, -0.2) is 24.6 Å². The lowest BCUT2D eigenvalue weighted by Gasteiger charge is -2.11. The Labute approximate surface area is 157 Å². The molecule has 0 fully saturated rings. The first kappa shape index (κ1) is 18.3. The molecule has 0 aliphatic heterocycles. The van der Waals surface area contributed by atoms with E-state index in [0.29, 0.717) is 22.8 Å². The molecule has 1 aromatic heterocycles. The summed E-state index contributed by atoms with van der Waals surface area (Å²) in [5.74, 6) is 0.593. The topological polar surface area (TPSA) is 134 Å². The van der Waals surface area contributed by atoms with Crippen LogP contribution in [0.2, 0.25) is 0 Å². The molecule has 0 saturated carbocycles. The monoisotopic (exact) mass is 382 g/mol. The van der Waals surface area contributed by atoms with Crippen LogP contribution in [0.5, 0.6) is 0 Å². The summed E-state index contributed by atoms with van der Waals surface area (Å²) in [5.41, 5.74) is 8.17. The minimum atomic E-state index is -3.66. The molecule has 2 aromatic carbocycles. The Bertz CT molecular complexity index is 1060. The molecule has 0 spiro atoms. The van der Waals surface area contributed by atoms with Crippen molar-refractivity contribution in [2.75, 3.05) is 15.8 Å². The quantitative estimate of drug-likeness (QED) is 0.484. The predicted molar refractivity (Wildman–Crippen MR) is 106 cm³/mol. The number of anilines is 4. The third-order valence-electron chi connectivity index (χ3n) is 3.79. The lowest BCUT2D eigenvalue weighted by Crippen LogP contribution is -2.12. The number of nitrogen functional groups attached to an aromatic ring is 1. The smallest absolute Gasteiger partial charge is 0.261 e. The van der Waals surface area contributed by atoms with Gasteiger partial charge in [0.15, 0.2) is 0 Å². The third-order valence-corrected chi connectivity index (χ3v) is 5.19. The molecule has 0 atom stereocenters. The van der Waals surface area contributed by atoms with Gasteiger partial charge in [-0.15, -0.1) is 0 Å². The number of nitrogens with one attached hydrogen (secondary N) is 3. The summed E-state index contributed by atoms with van der Waals surface area (Å²) in [4.78, 5) is 8.11. The molecule has 138 valence electrons. The summed E-state index contributed by atoms with van der Waals surface area (Å²) in [5, 5.41) is 10.4. The molecule has 1 heterocycles. The largest absolute Gasteiger partial charge is 0.383 e. The zero-order valence-corrected chi connectivity index (χ0v) is 15.3. The maximum atomic E-state index is 12.4. The van der Waals surface area contributed by atoms with Crippen LogP contribution in [0.25, 0.3) is 0 Å². The van der Waals surface area contributed by atoms with Crippen LogP contribution in [0.1, 0.15) is 11.1 Å². The fraction of sp³-hybridized carbons (Fsp3) is 0.0556. The van der Waals surface area contributed by atoms with E-state index in [1.165, 1.54) is 6.33 Å². The van der Waals surface area contributed by atoms with Crippen LogP contribution in [0.15, 0.2) is 59.8 Å². The number of aryl methyl sites for hydroxylation is 1. The highest BCUT2D eigenvalue weighted by atomic mass is 32.2. The van der Waals surface area contributed by atoms with Crippen LogP contribution in [0, 0.1) is 12.3 Å². The molecule has 0 unspecified atom stereocenters. The van der Waals surface area contributed by atoms with Crippen molar-refractivity contribution in [2.45, 2.75) is 11.8 Å². The zero-order valence-electron chi connectivity index (χ0n) is 14.5. The number of benzene rings is 2. The van der Waals surface area contributed by atoms with Gasteiger partial charge in [0, 0.05) is 17.6 Å². The summed E-state index contributed by atoms with van der Waals surface area (Å²) < 4.78 is 27.4. The summed E-state index contributed by atoms with van der Waals surface area (Å²) in [6.07, 6.45) is 2.37. The van der Waals surface area contributed by atoms with Crippen molar-refractivity contribution in [3.63, 3.8) is 0 Å². The Morgan fingerprint density at radius 1 is 1.00 bits per heavy atom. The van der Waals surface area contributed by atoms with E-state index in [0.717, 1.165) is 11.8 Å². The highest BCUT2D eigenvalue weighted by Gasteiger charge is 2.14. The first-order valence-electron chi connectivity index (χ1n) is 7.96. The van der Waals surface area contributed by atoms with E-state index in [1.54, 1.807) is 48.5 Å². The van der Waals surface area contributed by atoms with E-state index in [1.807, 2.05) is 6.92 Å². The van der Waals surface area contributed by atoms with E-state index in [4.69, 9.17) is 11.1 Å². The molecule has 5 N–H and O–H groups in total. The molecule has 0 bridgehead atoms. The first-order valence-corrected chi connectivity index (χ1v) is 9.45. The molecule has 0 aliphatic rings. The fourth-order valence-corrected chi connectivity index (χ4v) is 3.40. The predicted octanol–water partition coefficient (Wildman–Crippen LogP) is 2.91. The van der Waals surface area contributed by atoms with Gasteiger partial charge in [-0.05, 0) is 43.3 Å². The minimum Gasteiger partial charge on any atom is -0.383 e. The van der Waals surface area contributed by atoms with E-state index >= 15 is 0 Å². The van der Waals surface area contributed by atoms with Gasteiger partial charge in [0.25, 0.3) is 10.0 Å². The Kier molecular flexibility index (Phi) is 5.04. The van der Waals surface area contributed by atoms with Crippen molar-refractivity contribution < 1.29 is 8.42 Å². The molecule has 8 nitrogen and oxygen atoms in total. The molecule has 0 amide bonds. The average molecular weight is 382 g/mol. The van der Waals surface area contributed by atoms with Crippen LogP contribution in [0.4, 0.5) is 23.0 Å². The van der Waals surface area contributed by atoms with Crippen LogP contribution in [0.3, 0.4) is 0 Å². The molecular formula is C18H18N6O2S. The molecule has 27 heavy (non-hydrogen) atoms. The lowest BCUT2D eigenvalue weighted by molar-refractivity contribution is 0.601. The van der Waals surface area contributed by atoms with Gasteiger partial charge in [-0.2, -0.15) is 0 Å². The summed E-state index contributed by atoms with van der Waals surface area (Å²) in [7, 11) is -3.66. The third kappa shape index (κ3) is 4.21. The molecule has 0 aliphatic carbocycles. The lowest BCUT2D eigenvalue weighted by atomic mass is 10.2. The second-order valence-corrected chi connectivity index (χ2v) is 7.47. The summed E-state index contributed by atoms with van der Waals surface area (Å²) in [6.45, 7) is 1.89. The molecule has 3 rings (SSSR count). The molecule has 9 heteroatoms. The number of aromatic nitrogens is 2. The van der Waals surface area contributed by atoms with Gasteiger partial charge < -0.3 is 16.5 Å². The number of rotatable bonds is 6. The van der Waals surface area contributed by atoms with Crippen molar-refractivity contribution >= 4 is 39.2 Å². The number of nitrogens with zero attached hydrogens (tertiary/aromatic N) is 2. The van der Waals surface area contributed by atoms with E-state index in [2.05, 4.69) is 20.0 Å². The Balaban J connectivity index is 1.77. The van der Waals surface area contributed by atoms with Crippen molar-refractivity contribution in [3.8, 4) is 0 Å². The summed E-state index contributed by atoms with van der Waals surface area (Å²) in [6, 6.07) is 13.3. The maximum absolute atomic E-state index is 12.4. The van der Waals surface area contributed by atoms with Gasteiger partial charge in [-0.1, -0.05) is 17.7 Å². The van der Waals surface area contributed by atoms with Crippen molar-refractivity contribution in [1.82, 2.24) is 9.97 Å². The number of hydrogen-bond acceptors (Lipinski definition) is 7. The number of sulfonamides is 1.